The van der Waals surface area contributed by atoms with Crippen molar-refractivity contribution in [3.8, 4) is 91.5 Å². The average molecular weight is 827 g/mol. The molecule has 0 amide bonds. The van der Waals surface area contributed by atoms with Crippen molar-refractivity contribution in [2.24, 2.45) is 0 Å². The van der Waals surface area contributed by atoms with Crippen molar-refractivity contribution in [3.63, 3.8) is 0 Å². The molecule has 0 unspecified atom stereocenters. The lowest BCUT2D eigenvalue weighted by molar-refractivity contribution is 0.370. The van der Waals surface area contributed by atoms with E-state index in [2.05, 4.69) is 0 Å². The minimum atomic E-state index is -0.808. The molecule has 0 atom stereocenters. The molecule has 16 heteroatoms. The van der Waals surface area contributed by atoms with Gasteiger partial charge < -0.3 is 64.3 Å². The second kappa shape index (κ2) is 16.1. The van der Waals surface area contributed by atoms with Gasteiger partial charge >= 0.3 is 0 Å². The number of aromatic hydroxyl groups is 10. The standard InChI is InChI=1S/C15H10O6.2C15H10O5/c16-8-3-1-7(2-4-8)15-14(20)13(19)12-10(18)5-9(17)6-11(12)21-15;16-9-3-1-8(2-4-9)13-7-12(19)15-11(18)5-10(17)6-14(15)20-13;16-9-6-11(8-4-2-1-3-5-8)20-12-7-10(17)14(18)15(19)13(9)12/h1-6,16-18,20H;1-7,16-18H;1-7,17-19H. The molecule has 6 aromatic carbocycles. The minimum Gasteiger partial charge on any atom is -0.508 e. The lowest BCUT2D eigenvalue weighted by Crippen LogP contribution is -2.02. The average Bonchev–Trinajstić information content (AvgIpc) is 3.22. The van der Waals surface area contributed by atoms with Gasteiger partial charge in [0.2, 0.25) is 16.9 Å². The van der Waals surface area contributed by atoms with Crippen molar-refractivity contribution in [2.75, 3.05) is 0 Å². The van der Waals surface area contributed by atoms with Crippen LogP contribution in [0.4, 0.5) is 0 Å². The number of hydrogen-bond acceptors (Lipinski definition) is 16. The van der Waals surface area contributed by atoms with Crippen LogP contribution in [0.1, 0.15) is 0 Å². The first-order valence-electron chi connectivity index (χ1n) is 17.7. The number of phenolic OH excluding ortho intramolecular Hbond substituents is 9. The molecule has 0 spiro atoms. The summed E-state index contributed by atoms with van der Waals surface area (Å²) in [5.74, 6) is -3.30. The van der Waals surface area contributed by atoms with Gasteiger partial charge in [-0.05, 0) is 48.5 Å². The summed E-state index contributed by atoms with van der Waals surface area (Å²) in [4.78, 5) is 36.2. The Bertz CT molecular complexity index is 3300. The summed E-state index contributed by atoms with van der Waals surface area (Å²) in [5, 5.41) is 95.0. The van der Waals surface area contributed by atoms with Crippen LogP contribution in [0.3, 0.4) is 0 Å². The van der Waals surface area contributed by atoms with Crippen LogP contribution >= 0.6 is 0 Å². The monoisotopic (exact) mass is 826 g/mol. The zero-order valence-electron chi connectivity index (χ0n) is 31.0. The molecule has 10 N–H and O–H groups in total. The van der Waals surface area contributed by atoms with Gasteiger partial charge in [-0.25, -0.2) is 0 Å². The van der Waals surface area contributed by atoms with Crippen LogP contribution in [0.5, 0.6) is 57.5 Å². The maximum atomic E-state index is 12.1. The maximum Gasteiger partial charge on any atom is 0.238 e. The van der Waals surface area contributed by atoms with Gasteiger partial charge in [0.05, 0.1) is 0 Å². The number of rotatable bonds is 3. The normalized spacial score (nSPS) is 10.8. The van der Waals surface area contributed by atoms with E-state index >= 15 is 0 Å². The van der Waals surface area contributed by atoms with Crippen LogP contribution in [-0.2, 0) is 0 Å². The van der Waals surface area contributed by atoms with Gasteiger partial charge in [-0.1, -0.05) is 30.3 Å². The summed E-state index contributed by atoms with van der Waals surface area (Å²) in [5.41, 5.74) is -0.0162. The van der Waals surface area contributed by atoms with Crippen molar-refractivity contribution in [1.82, 2.24) is 0 Å². The molecule has 0 saturated carbocycles. The van der Waals surface area contributed by atoms with E-state index in [0.29, 0.717) is 22.5 Å². The molecule has 0 saturated heterocycles. The molecule has 9 rings (SSSR count). The van der Waals surface area contributed by atoms with E-state index in [0.717, 1.165) is 18.2 Å². The predicted octanol–water partition coefficient (Wildman–Crippen LogP) is 7.44. The highest BCUT2D eigenvalue weighted by atomic mass is 16.4. The quantitative estimate of drug-likeness (QED) is 0.0774. The number of phenols is 9. The van der Waals surface area contributed by atoms with Gasteiger partial charge in [0.1, 0.15) is 78.9 Å². The molecule has 0 aliphatic rings. The zero-order chi connectivity index (χ0) is 43.7. The smallest absolute Gasteiger partial charge is 0.238 e. The third-order valence-electron chi connectivity index (χ3n) is 9.02. The van der Waals surface area contributed by atoms with Crippen molar-refractivity contribution in [1.29, 1.82) is 0 Å². The van der Waals surface area contributed by atoms with E-state index in [-0.39, 0.29) is 73.2 Å². The molecule has 0 radical (unpaired) electrons. The minimum absolute atomic E-state index is 0.00385. The molecular weight excluding hydrogens is 796 g/mol. The molecule has 3 aromatic heterocycles. The summed E-state index contributed by atoms with van der Waals surface area (Å²) in [6.45, 7) is 0. The number of benzene rings is 6. The fourth-order valence-corrected chi connectivity index (χ4v) is 6.13. The Hall–Kier alpha value is -9.05. The van der Waals surface area contributed by atoms with Gasteiger partial charge in [-0.2, -0.15) is 0 Å². The van der Waals surface area contributed by atoms with Crippen molar-refractivity contribution in [2.45, 2.75) is 0 Å². The summed E-state index contributed by atoms with van der Waals surface area (Å²) >= 11 is 0. The second-order valence-electron chi connectivity index (χ2n) is 13.2. The Balaban J connectivity index is 0.000000138. The van der Waals surface area contributed by atoms with E-state index in [1.54, 1.807) is 36.4 Å². The molecule has 9 aromatic rings. The third-order valence-corrected chi connectivity index (χ3v) is 9.02. The molecule has 3 heterocycles. The van der Waals surface area contributed by atoms with E-state index in [4.69, 9.17) is 13.3 Å². The highest BCUT2D eigenvalue weighted by Gasteiger charge is 2.20. The molecule has 0 fully saturated rings. The highest BCUT2D eigenvalue weighted by Crippen LogP contribution is 2.41. The molecule has 0 aliphatic carbocycles. The summed E-state index contributed by atoms with van der Waals surface area (Å²) in [6.07, 6.45) is 0. The first-order chi connectivity index (χ1) is 29.1. The second-order valence-corrected chi connectivity index (χ2v) is 13.2. The van der Waals surface area contributed by atoms with Crippen LogP contribution in [0.2, 0.25) is 0 Å². The number of hydrogen-bond donors (Lipinski definition) is 10. The first kappa shape index (κ1) is 40.2. The maximum absolute atomic E-state index is 12.1. The Morgan fingerprint density at radius 2 is 0.803 bits per heavy atom. The lowest BCUT2D eigenvalue weighted by atomic mass is 10.1. The van der Waals surface area contributed by atoms with Crippen LogP contribution < -0.4 is 16.3 Å². The zero-order valence-corrected chi connectivity index (χ0v) is 31.0. The Morgan fingerprint density at radius 1 is 0.344 bits per heavy atom. The summed E-state index contributed by atoms with van der Waals surface area (Å²) in [6, 6.07) is 28.9. The topological polar surface area (TPSA) is 293 Å². The van der Waals surface area contributed by atoms with E-state index in [9.17, 15) is 65.4 Å². The summed E-state index contributed by atoms with van der Waals surface area (Å²) < 4.78 is 16.5. The van der Waals surface area contributed by atoms with Crippen molar-refractivity contribution in [3.05, 3.63) is 152 Å². The first-order valence-corrected chi connectivity index (χ1v) is 17.7. The van der Waals surface area contributed by atoms with Crippen molar-refractivity contribution >= 4 is 32.9 Å². The molecule has 0 aliphatic heterocycles. The van der Waals surface area contributed by atoms with Gasteiger partial charge in [0, 0.05) is 59.2 Å². The van der Waals surface area contributed by atoms with Gasteiger partial charge in [-0.3, -0.25) is 14.4 Å². The Kier molecular flexibility index (Phi) is 10.6. The summed E-state index contributed by atoms with van der Waals surface area (Å²) in [7, 11) is 0. The fraction of sp³-hybridized carbons (Fsp3) is 0. The van der Waals surface area contributed by atoms with Crippen LogP contribution in [0.25, 0.3) is 66.9 Å². The SMILES string of the molecule is O=c1c(O)c(-c2ccc(O)cc2)oc2cc(O)cc(O)c12.O=c1cc(-c2ccc(O)cc2)oc2cc(O)cc(O)c12.O=c1cc(-c2ccccc2)oc2cc(O)c(O)c(O)c12. The molecule has 306 valence electrons. The van der Waals surface area contributed by atoms with Crippen molar-refractivity contribution < 1.29 is 64.3 Å². The predicted molar refractivity (Wildman–Crippen MR) is 220 cm³/mol. The fourth-order valence-electron chi connectivity index (χ4n) is 6.13. The van der Waals surface area contributed by atoms with Gasteiger partial charge in [-0.15, -0.1) is 0 Å². The third kappa shape index (κ3) is 8.08. The molecule has 61 heavy (non-hydrogen) atoms. The Labute approximate surface area is 340 Å². The van der Waals surface area contributed by atoms with E-state index in [1.807, 2.05) is 6.07 Å². The Morgan fingerprint density at radius 3 is 1.36 bits per heavy atom. The largest absolute Gasteiger partial charge is 0.508 e. The van der Waals surface area contributed by atoms with Gasteiger partial charge in [0.25, 0.3) is 0 Å². The number of fused-ring (bicyclic) bond motifs is 3. The van der Waals surface area contributed by atoms with Crippen LogP contribution in [-0.4, -0.2) is 51.1 Å². The van der Waals surface area contributed by atoms with Gasteiger partial charge in [0.15, 0.2) is 28.1 Å². The molecular formula is C45H30O16. The lowest BCUT2D eigenvalue weighted by Gasteiger charge is -2.07. The molecule has 16 nitrogen and oxygen atoms in total. The van der Waals surface area contributed by atoms with Crippen LogP contribution in [0, 0.1) is 0 Å². The molecule has 0 bridgehead atoms. The van der Waals surface area contributed by atoms with E-state index < -0.39 is 45.0 Å². The van der Waals surface area contributed by atoms with E-state index in [1.165, 1.54) is 60.7 Å². The highest BCUT2D eigenvalue weighted by molar-refractivity contribution is 5.90. The van der Waals surface area contributed by atoms with Crippen LogP contribution in [0.15, 0.2) is 149 Å².